The molecule has 194 valence electrons. The van der Waals surface area contributed by atoms with Gasteiger partial charge < -0.3 is 24.2 Å². The van der Waals surface area contributed by atoms with E-state index in [1.807, 2.05) is 49.1 Å². The van der Waals surface area contributed by atoms with E-state index in [1.165, 1.54) is 0 Å². The van der Waals surface area contributed by atoms with Gasteiger partial charge >= 0.3 is 0 Å². The maximum Gasteiger partial charge on any atom is 0.242 e. The number of methoxy groups -OCH3 is 2. The van der Waals surface area contributed by atoms with Crippen LogP contribution in [0, 0.1) is 5.92 Å². The summed E-state index contributed by atoms with van der Waals surface area (Å²) in [7, 11) is 3.20. The Labute approximate surface area is 213 Å². The lowest BCUT2D eigenvalue weighted by atomic mass is 10.1. The number of rotatable bonds is 10. The highest BCUT2D eigenvalue weighted by Crippen LogP contribution is 2.31. The molecule has 0 spiro atoms. The third-order valence-corrected chi connectivity index (χ3v) is 6.11. The van der Waals surface area contributed by atoms with Crippen LogP contribution in [0.1, 0.15) is 26.7 Å². The van der Waals surface area contributed by atoms with E-state index in [0.29, 0.717) is 44.1 Å². The van der Waals surface area contributed by atoms with Gasteiger partial charge in [-0.15, -0.1) is 16.8 Å². The number of hydrogen-bond donors (Lipinski definition) is 0. The Morgan fingerprint density at radius 2 is 1.83 bits per heavy atom. The molecule has 9 heteroatoms. The van der Waals surface area contributed by atoms with E-state index in [2.05, 4.69) is 21.7 Å². The molecule has 1 saturated heterocycles. The van der Waals surface area contributed by atoms with E-state index in [0.717, 1.165) is 30.0 Å². The smallest absolute Gasteiger partial charge is 0.242 e. The van der Waals surface area contributed by atoms with Gasteiger partial charge in [0.1, 0.15) is 6.54 Å². The predicted molar refractivity (Wildman–Crippen MR) is 140 cm³/mol. The highest BCUT2D eigenvalue weighted by Gasteiger charge is 2.24. The summed E-state index contributed by atoms with van der Waals surface area (Å²) in [6.45, 7) is 10.8. The molecule has 1 fully saturated rings. The van der Waals surface area contributed by atoms with Crippen LogP contribution < -0.4 is 14.4 Å². The van der Waals surface area contributed by atoms with Crippen molar-refractivity contribution >= 4 is 17.6 Å². The zero-order chi connectivity index (χ0) is 26.1. The Hall–Kier alpha value is -3.62. The van der Waals surface area contributed by atoms with Crippen molar-refractivity contribution in [3.63, 3.8) is 0 Å². The van der Waals surface area contributed by atoms with Crippen LogP contribution in [0.25, 0.3) is 11.3 Å². The number of amides is 2. The first-order valence-corrected chi connectivity index (χ1v) is 12.3. The molecule has 0 bridgehead atoms. The zero-order valence-corrected chi connectivity index (χ0v) is 21.8. The summed E-state index contributed by atoms with van der Waals surface area (Å²) < 4.78 is 10.7. The van der Waals surface area contributed by atoms with Crippen molar-refractivity contribution in [1.29, 1.82) is 0 Å². The van der Waals surface area contributed by atoms with Gasteiger partial charge in [-0.1, -0.05) is 19.9 Å². The lowest BCUT2D eigenvalue weighted by molar-refractivity contribution is -0.140. The zero-order valence-electron chi connectivity index (χ0n) is 21.8. The molecular weight excluding hydrogens is 458 g/mol. The number of hydrogen-bond acceptors (Lipinski definition) is 7. The van der Waals surface area contributed by atoms with E-state index < -0.39 is 0 Å². The van der Waals surface area contributed by atoms with Gasteiger partial charge in [0.05, 0.1) is 19.9 Å². The maximum atomic E-state index is 13.0. The third kappa shape index (κ3) is 6.96. The monoisotopic (exact) mass is 495 g/mol. The molecule has 0 N–H and O–H groups in total. The molecule has 1 aromatic carbocycles. The van der Waals surface area contributed by atoms with Crippen LogP contribution >= 0.6 is 0 Å². The van der Waals surface area contributed by atoms with Crippen molar-refractivity contribution in [1.82, 2.24) is 20.0 Å². The first-order chi connectivity index (χ1) is 17.4. The van der Waals surface area contributed by atoms with Crippen LogP contribution in [-0.2, 0) is 9.59 Å². The SMILES string of the molecule is C=CCN(CC(=O)N1CCCN(c2ccc(-c3ccc(OC)c(OC)c3)nn2)CC1)C(=O)CC(C)C. The van der Waals surface area contributed by atoms with Crippen LogP contribution in [0.3, 0.4) is 0 Å². The summed E-state index contributed by atoms with van der Waals surface area (Å²) in [6, 6.07) is 9.52. The number of carbonyl (C=O) groups excluding carboxylic acids is 2. The molecule has 9 nitrogen and oxygen atoms in total. The largest absolute Gasteiger partial charge is 0.493 e. The van der Waals surface area contributed by atoms with Gasteiger partial charge in [0.2, 0.25) is 11.8 Å². The van der Waals surface area contributed by atoms with Gasteiger partial charge in [0.15, 0.2) is 17.3 Å². The Morgan fingerprint density at radius 3 is 2.47 bits per heavy atom. The van der Waals surface area contributed by atoms with Gasteiger partial charge in [-0.25, -0.2) is 0 Å². The van der Waals surface area contributed by atoms with E-state index in [9.17, 15) is 9.59 Å². The molecule has 1 aliphatic heterocycles. The van der Waals surface area contributed by atoms with E-state index in [1.54, 1.807) is 25.2 Å². The Bertz CT molecular complexity index is 1040. The van der Waals surface area contributed by atoms with Crippen LogP contribution in [-0.4, -0.2) is 85.3 Å². The molecule has 0 aliphatic carbocycles. The summed E-state index contributed by atoms with van der Waals surface area (Å²) in [5, 5.41) is 8.87. The van der Waals surface area contributed by atoms with E-state index in [-0.39, 0.29) is 24.3 Å². The normalized spacial score (nSPS) is 13.8. The average Bonchev–Trinajstić information content (AvgIpc) is 3.14. The quantitative estimate of drug-likeness (QED) is 0.468. The Kier molecular flexibility index (Phi) is 9.67. The van der Waals surface area contributed by atoms with Crippen molar-refractivity contribution in [2.45, 2.75) is 26.7 Å². The minimum Gasteiger partial charge on any atom is -0.493 e. The second-order valence-electron chi connectivity index (χ2n) is 9.23. The molecule has 2 aromatic rings. The summed E-state index contributed by atoms with van der Waals surface area (Å²) >= 11 is 0. The molecule has 1 aromatic heterocycles. The standard InChI is InChI=1S/C27H37N5O4/c1-6-12-32(26(33)17-20(2)3)19-27(34)31-14-7-13-30(15-16-31)25-11-9-22(28-29-25)21-8-10-23(35-4)24(18-21)36-5/h6,8-11,18,20H,1,7,12-17,19H2,2-5H3. The van der Waals surface area contributed by atoms with Gasteiger partial charge in [-0.05, 0) is 42.7 Å². The number of anilines is 1. The van der Waals surface area contributed by atoms with Crippen LogP contribution in [0.15, 0.2) is 43.0 Å². The van der Waals surface area contributed by atoms with Crippen LogP contribution in [0.2, 0.25) is 0 Å². The average molecular weight is 496 g/mol. The summed E-state index contributed by atoms with van der Waals surface area (Å²) in [5.74, 6) is 2.26. The number of aromatic nitrogens is 2. The first-order valence-electron chi connectivity index (χ1n) is 12.3. The van der Waals surface area contributed by atoms with Crippen molar-refractivity contribution in [2.75, 3.05) is 58.4 Å². The van der Waals surface area contributed by atoms with E-state index in [4.69, 9.17) is 9.47 Å². The van der Waals surface area contributed by atoms with Gasteiger partial charge in [-0.3, -0.25) is 9.59 Å². The summed E-state index contributed by atoms with van der Waals surface area (Å²) in [5.41, 5.74) is 1.62. The highest BCUT2D eigenvalue weighted by atomic mass is 16.5. The molecule has 36 heavy (non-hydrogen) atoms. The molecule has 1 aliphatic rings. The fourth-order valence-corrected chi connectivity index (χ4v) is 4.19. The summed E-state index contributed by atoms with van der Waals surface area (Å²) in [6.07, 6.45) is 2.90. The third-order valence-electron chi connectivity index (χ3n) is 6.11. The lowest BCUT2D eigenvalue weighted by Crippen LogP contribution is -2.44. The van der Waals surface area contributed by atoms with Crippen LogP contribution in [0.4, 0.5) is 5.82 Å². The van der Waals surface area contributed by atoms with Gasteiger partial charge in [0.25, 0.3) is 0 Å². The second-order valence-corrected chi connectivity index (χ2v) is 9.23. The molecule has 0 saturated carbocycles. The maximum absolute atomic E-state index is 13.0. The number of benzene rings is 1. The molecular formula is C27H37N5O4. The van der Waals surface area contributed by atoms with E-state index >= 15 is 0 Å². The molecule has 2 amide bonds. The van der Waals surface area contributed by atoms with Crippen molar-refractivity contribution < 1.29 is 19.1 Å². The highest BCUT2D eigenvalue weighted by molar-refractivity contribution is 5.85. The molecule has 0 unspecified atom stereocenters. The Balaban J connectivity index is 1.62. The van der Waals surface area contributed by atoms with Crippen molar-refractivity contribution in [3.8, 4) is 22.8 Å². The topological polar surface area (TPSA) is 88.1 Å². The van der Waals surface area contributed by atoms with Crippen molar-refractivity contribution in [3.05, 3.63) is 43.0 Å². The molecule has 2 heterocycles. The molecule has 0 atom stereocenters. The van der Waals surface area contributed by atoms with Crippen molar-refractivity contribution in [2.24, 2.45) is 5.92 Å². The fraction of sp³-hybridized carbons (Fsp3) is 0.481. The second kappa shape index (κ2) is 12.9. The number of nitrogens with zero attached hydrogens (tertiary/aromatic N) is 5. The predicted octanol–water partition coefficient (Wildman–Crippen LogP) is 3.26. The molecule has 3 rings (SSSR count). The minimum atomic E-state index is -0.0364. The number of carbonyl (C=O) groups is 2. The Morgan fingerprint density at radius 1 is 1.06 bits per heavy atom. The lowest BCUT2D eigenvalue weighted by Gasteiger charge is -2.27. The van der Waals surface area contributed by atoms with Gasteiger partial charge in [0, 0.05) is 44.7 Å². The van der Waals surface area contributed by atoms with Crippen LogP contribution in [0.5, 0.6) is 11.5 Å². The summed E-state index contributed by atoms with van der Waals surface area (Å²) in [4.78, 5) is 31.1. The number of ether oxygens (including phenoxy) is 2. The minimum absolute atomic E-state index is 0.0143. The molecule has 0 radical (unpaired) electrons. The van der Waals surface area contributed by atoms with Gasteiger partial charge in [-0.2, -0.15) is 0 Å². The first kappa shape index (κ1) is 27.0. The fourth-order valence-electron chi connectivity index (χ4n) is 4.19.